The van der Waals surface area contributed by atoms with E-state index >= 15 is 0 Å². The monoisotopic (exact) mass is 291 g/mol. The van der Waals surface area contributed by atoms with E-state index in [0.29, 0.717) is 0 Å². The molecule has 0 bridgehead atoms. The van der Waals surface area contributed by atoms with Crippen LogP contribution in [-0.2, 0) is 10.0 Å². The number of halogens is 1. The molecule has 104 valence electrons. The molecular formula is C15H14FNO2S. The van der Waals surface area contributed by atoms with E-state index in [-0.39, 0.29) is 16.2 Å². The zero-order valence-corrected chi connectivity index (χ0v) is 12.0. The summed E-state index contributed by atoms with van der Waals surface area (Å²) in [6.07, 6.45) is 0. The van der Waals surface area contributed by atoms with Crippen molar-refractivity contribution in [3.8, 4) is 0 Å². The summed E-state index contributed by atoms with van der Waals surface area (Å²) in [7, 11) is -3.82. The van der Waals surface area contributed by atoms with Crippen LogP contribution in [0.15, 0.2) is 57.8 Å². The van der Waals surface area contributed by atoms with Crippen LogP contribution in [-0.4, -0.2) is 14.1 Å². The van der Waals surface area contributed by atoms with E-state index in [0.717, 1.165) is 5.56 Å². The Kier molecular flexibility index (Phi) is 3.99. The summed E-state index contributed by atoms with van der Waals surface area (Å²) in [6.45, 7) is 3.34. The molecule has 0 spiro atoms. The molecule has 2 rings (SSSR count). The van der Waals surface area contributed by atoms with E-state index in [1.807, 2.05) is 6.92 Å². The first-order valence-corrected chi connectivity index (χ1v) is 7.47. The lowest BCUT2D eigenvalue weighted by Gasteiger charge is -2.04. The molecule has 0 N–H and O–H groups in total. The molecule has 5 heteroatoms. The van der Waals surface area contributed by atoms with Gasteiger partial charge in [0, 0.05) is 5.56 Å². The van der Waals surface area contributed by atoms with Crippen LogP contribution in [0.5, 0.6) is 0 Å². The van der Waals surface area contributed by atoms with Crippen molar-refractivity contribution in [3.63, 3.8) is 0 Å². The summed E-state index contributed by atoms with van der Waals surface area (Å²) in [4.78, 5) is 0.0961. The van der Waals surface area contributed by atoms with E-state index in [2.05, 4.69) is 4.40 Å². The van der Waals surface area contributed by atoms with Crippen LogP contribution in [0.1, 0.15) is 18.1 Å². The van der Waals surface area contributed by atoms with Gasteiger partial charge in [-0.25, -0.2) is 4.39 Å². The topological polar surface area (TPSA) is 46.5 Å². The summed E-state index contributed by atoms with van der Waals surface area (Å²) in [5, 5.41) is 0. The van der Waals surface area contributed by atoms with Crippen LogP contribution in [0.3, 0.4) is 0 Å². The molecule has 0 radical (unpaired) electrons. The third kappa shape index (κ3) is 3.11. The maximum atomic E-state index is 13.6. The summed E-state index contributed by atoms with van der Waals surface area (Å²) < 4.78 is 41.5. The number of rotatable bonds is 3. The Labute approximate surface area is 117 Å². The highest BCUT2D eigenvalue weighted by Crippen LogP contribution is 2.16. The van der Waals surface area contributed by atoms with Crippen LogP contribution in [0, 0.1) is 12.7 Å². The average Bonchev–Trinajstić information content (AvgIpc) is 2.39. The van der Waals surface area contributed by atoms with Gasteiger partial charge in [-0.3, -0.25) is 0 Å². The van der Waals surface area contributed by atoms with Crippen molar-refractivity contribution in [1.29, 1.82) is 0 Å². The molecular weight excluding hydrogens is 277 g/mol. The van der Waals surface area contributed by atoms with E-state index in [4.69, 9.17) is 0 Å². The molecule has 0 amide bonds. The van der Waals surface area contributed by atoms with E-state index < -0.39 is 15.8 Å². The summed E-state index contributed by atoms with van der Waals surface area (Å²) >= 11 is 0. The van der Waals surface area contributed by atoms with Crippen LogP contribution < -0.4 is 0 Å². The highest BCUT2D eigenvalue weighted by molar-refractivity contribution is 7.90. The number of aryl methyl sites for hydroxylation is 1. The number of hydrogen-bond acceptors (Lipinski definition) is 2. The van der Waals surface area contributed by atoms with Gasteiger partial charge in [0.2, 0.25) is 0 Å². The normalized spacial score (nSPS) is 12.4. The second-order valence-electron chi connectivity index (χ2n) is 4.44. The number of nitrogens with zero attached hydrogens (tertiary/aromatic N) is 1. The first-order chi connectivity index (χ1) is 9.40. The second-order valence-corrected chi connectivity index (χ2v) is 6.05. The Morgan fingerprint density at radius 1 is 1.05 bits per heavy atom. The Bertz CT molecular complexity index is 750. The minimum atomic E-state index is -3.82. The third-order valence-corrected chi connectivity index (χ3v) is 4.22. The fourth-order valence-corrected chi connectivity index (χ4v) is 2.79. The summed E-state index contributed by atoms with van der Waals surface area (Å²) in [6, 6.07) is 12.3. The molecule has 0 aliphatic heterocycles. The predicted octanol–water partition coefficient (Wildman–Crippen LogP) is 3.33. The van der Waals surface area contributed by atoms with Crippen molar-refractivity contribution in [2.45, 2.75) is 18.7 Å². The molecule has 0 fully saturated rings. The maximum Gasteiger partial charge on any atom is 0.282 e. The lowest BCUT2D eigenvalue weighted by Crippen LogP contribution is -2.05. The van der Waals surface area contributed by atoms with Gasteiger partial charge in [0.15, 0.2) is 0 Å². The molecule has 2 aromatic rings. The van der Waals surface area contributed by atoms with Crippen LogP contribution >= 0.6 is 0 Å². The number of benzene rings is 2. The van der Waals surface area contributed by atoms with Gasteiger partial charge in [-0.05, 0) is 32.0 Å². The molecule has 0 aliphatic carbocycles. The molecule has 0 saturated carbocycles. The first kappa shape index (κ1) is 14.4. The molecule has 0 unspecified atom stereocenters. The molecule has 0 atom stereocenters. The molecule has 0 aliphatic rings. The van der Waals surface area contributed by atoms with Gasteiger partial charge in [-0.2, -0.15) is 12.8 Å². The largest absolute Gasteiger partial charge is 0.282 e. The van der Waals surface area contributed by atoms with Crippen molar-refractivity contribution in [1.82, 2.24) is 0 Å². The predicted molar refractivity (Wildman–Crippen MR) is 77.0 cm³/mol. The van der Waals surface area contributed by atoms with Gasteiger partial charge >= 0.3 is 0 Å². The standard InChI is InChI=1S/C15H14FNO2S/c1-11-7-9-13(10-8-11)20(18,19)17-12(2)14-5-3-4-6-15(14)16/h3-10H,1-2H3. The molecule has 0 aromatic heterocycles. The van der Waals surface area contributed by atoms with E-state index in [1.165, 1.54) is 31.2 Å². The highest BCUT2D eigenvalue weighted by Gasteiger charge is 2.14. The van der Waals surface area contributed by atoms with Crippen molar-refractivity contribution in [2.24, 2.45) is 4.40 Å². The average molecular weight is 291 g/mol. The highest BCUT2D eigenvalue weighted by atomic mass is 32.2. The van der Waals surface area contributed by atoms with Gasteiger partial charge in [0.25, 0.3) is 10.0 Å². The van der Waals surface area contributed by atoms with Crippen molar-refractivity contribution >= 4 is 15.7 Å². The minimum Gasteiger partial charge on any atom is -0.206 e. The van der Waals surface area contributed by atoms with Crippen molar-refractivity contribution < 1.29 is 12.8 Å². The lowest BCUT2D eigenvalue weighted by atomic mass is 10.1. The zero-order valence-electron chi connectivity index (χ0n) is 11.2. The fourth-order valence-electron chi connectivity index (χ4n) is 1.75. The summed E-state index contributed by atoms with van der Waals surface area (Å²) in [5.74, 6) is -0.493. The quantitative estimate of drug-likeness (QED) is 0.814. The molecule has 2 aromatic carbocycles. The molecule has 0 heterocycles. The fraction of sp³-hybridized carbons (Fsp3) is 0.133. The van der Waals surface area contributed by atoms with E-state index in [9.17, 15) is 12.8 Å². The lowest BCUT2D eigenvalue weighted by molar-refractivity contribution is 0.598. The zero-order chi connectivity index (χ0) is 14.8. The smallest absolute Gasteiger partial charge is 0.206 e. The van der Waals surface area contributed by atoms with Crippen LogP contribution in [0.4, 0.5) is 4.39 Å². The van der Waals surface area contributed by atoms with Gasteiger partial charge in [0.05, 0.1) is 10.6 Å². The Morgan fingerprint density at radius 3 is 2.25 bits per heavy atom. The van der Waals surface area contributed by atoms with Gasteiger partial charge < -0.3 is 0 Å². The Balaban J connectivity index is 2.43. The SMILES string of the molecule is CC(=NS(=O)(=O)c1ccc(C)cc1)c1ccccc1F. The number of sulfonamides is 1. The van der Waals surface area contributed by atoms with E-state index in [1.54, 1.807) is 24.3 Å². The molecule has 3 nitrogen and oxygen atoms in total. The maximum absolute atomic E-state index is 13.6. The van der Waals surface area contributed by atoms with Crippen molar-refractivity contribution in [3.05, 3.63) is 65.5 Å². The Hall–Kier alpha value is -2.01. The third-order valence-electron chi connectivity index (χ3n) is 2.84. The van der Waals surface area contributed by atoms with Crippen molar-refractivity contribution in [2.75, 3.05) is 0 Å². The summed E-state index contributed by atoms with van der Waals surface area (Å²) in [5.41, 5.74) is 1.27. The first-order valence-electron chi connectivity index (χ1n) is 6.03. The van der Waals surface area contributed by atoms with Gasteiger partial charge in [0.1, 0.15) is 5.82 Å². The van der Waals surface area contributed by atoms with Gasteiger partial charge in [-0.1, -0.05) is 35.9 Å². The van der Waals surface area contributed by atoms with Crippen LogP contribution in [0.2, 0.25) is 0 Å². The minimum absolute atomic E-state index is 0.0961. The van der Waals surface area contributed by atoms with Gasteiger partial charge in [-0.15, -0.1) is 0 Å². The number of hydrogen-bond donors (Lipinski definition) is 0. The second kappa shape index (κ2) is 5.54. The van der Waals surface area contributed by atoms with Crippen LogP contribution in [0.25, 0.3) is 0 Å². The molecule has 20 heavy (non-hydrogen) atoms. The molecule has 0 saturated heterocycles. The Morgan fingerprint density at radius 2 is 1.65 bits per heavy atom.